The Bertz CT molecular complexity index is 823. The van der Waals surface area contributed by atoms with E-state index in [1.807, 2.05) is 17.0 Å². The van der Waals surface area contributed by atoms with Crippen LogP contribution in [-0.2, 0) is 24.1 Å². The molecule has 4 rings (SSSR count). The van der Waals surface area contributed by atoms with Gasteiger partial charge in [-0.05, 0) is 60.7 Å². The summed E-state index contributed by atoms with van der Waals surface area (Å²) in [5.41, 5.74) is 3.62. The Kier molecular flexibility index (Phi) is 6.23. The van der Waals surface area contributed by atoms with E-state index in [-0.39, 0.29) is 11.7 Å². The van der Waals surface area contributed by atoms with Gasteiger partial charge in [0, 0.05) is 43.0 Å². The van der Waals surface area contributed by atoms with Crippen LogP contribution in [0, 0.1) is 0 Å². The highest BCUT2D eigenvalue weighted by molar-refractivity contribution is 7.09. The maximum atomic E-state index is 12.7. The number of Topliss-reactive ketones (excluding diaryl/α,β-unsaturated/α-hetero) is 1. The number of carbonyl (C=O) groups is 2. The molecule has 2 aromatic rings. The fourth-order valence-electron chi connectivity index (χ4n) is 4.20. The number of thiophene rings is 1. The molecule has 0 unspecified atom stereocenters. The van der Waals surface area contributed by atoms with Crippen molar-refractivity contribution < 1.29 is 9.59 Å². The average Bonchev–Trinajstić information content (AvgIpc) is 3.26. The van der Waals surface area contributed by atoms with E-state index >= 15 is 0 Å². The summed E-state index contributed by atoms with van der Waals surface area (Å²) < 4.78 is 0. The smallest absolute Gasteiger partial charge is 0.223 e. The molecule has 5 heteroatoms. The molecule has 1 aromatic heterocycles. The van der Waals surface area contributed by atoms with Gasteiger partial charge in [0.1, 0.15) is 0 Å². The molecule has 0 atom stereocenters. The molecule has 1 aromatic carbocycles. The lowest BCUT2D eigenvalue weighted by Gasteiger charge is -2.34. The minimum Gasteiger partial charge on any atom is -0.340 e. The quantitative estimate of drug-likeness (QED) is 0.701. The average molecular weight is 397 g/mol. The van der Waals surface area contributed by atoms with Crippen molar-refractivity contribution in [1.29, 1.82) is 0 Å². The molecule has 2 heterocycles. The molecule has 4 nitrogen and oxygen atoms in total. The van der Waals surface area contributed by atoms with Gasteiger partial charge in [-0.25, -0.2) is 0 Å². The number of carbonyl (C=O) groups excluding carboxylic acids is 2. The third kappa shape index (κ3) is 4.70. The van der Waals surface area contributed by atoms with Crippen molar-refractivity contribution in [2.45, 2.75) is 38.5 Å². The van der Waals surface area contributed by atoms with E-state index in [4.69, 9.17) is 0 Å². The first kappa shape index (κ1) is 19.3. The van der Waals surface area contributed by atoms with Gasteiger partial charge < -0.3 is 4.90 Å². The number of aryl methyl sites for hydroxylation is 3. The van der Waals surface area contributed by atoms with Gasteiger partial charge in [-0.1, -0.05) is 18.2 Å². The number of ketones is 1. The Morgan fingerprint density at radius 3 is 2.50 bits per heavy atom. The first-order chi connectivity index (χ1) is 13.7. The Hall–Kier alpha value is -1.98. The molecule has 0 spiro atoms. The Morgan fingerprint density at radius 2 is 1.75 bits per heavy atom. The van der Waals surface area contributed by atoms with E-state index in [1.54, 1.807) is 11.3 Å². The molecular weight excluding hydrogens is 368 g/mol. The zero-order valence-corrected chi connectivity index (χ0v) is 17.2. The second kappa shape index (κ2) is 9.01. The van der Waals surface area contributed by atoms with Crippen LogP contribution in [-0.4, -0.2) is 54.2 Å². The Balaban J connectivity index is 1.25. The zero-order chi connectivity index (χ0) is 19.3. The fraction of sp³-hybridized carbons (Fsp3) is 0.478. The summed E-state index contributed by atoms with van der Waals surface area (Å²) in [6.45, 7) is 3.46. The lowest BCUT2D eigenvalue weighted by molar-refractivity contribution is -0.132. The van der Waals surface area contributed by atoms with Gasteiger partial charge in [0.05, 0.1) is 6.54 Å². The first-order valence-corrected chi connectivity index (χ1v) is 11.2. The van der Waals surface area contributed by atoms with E-state index in [0.717, 1.165) is 51.0 Å². The number of hydrogen-bond donors (Lipinski definition) is 0. The summed E-state index contributed by atoms with van der Waals surface area (Å²) in [5, 5.41) is 2.05. The molecule has 1 aliphatic heterocycles. The van der Waals surface area contributed by atoms with E-state index in [9.17, 15) is 9.59 Å². The maximum absolute atomic E-state index is 12.7. The lowest BCUT2D eigenvalue weighted by atomic mass is 9.90. The van der Waals surface area contributed by atoms with Gasteiger partial charge in [-0.15, -0.1) is 11.3 Å². The van der Waals surface area contributed by atoms with Gasteiger partial charge in [0.2, 0.25) is 5.91 Å². The van der Waals surface area contributed by atoms with Crippen molar-refractivity contribution in [1.82, 2.24) is 9.80 Å². The highest BCUT2D eigenvalue weighted by atomic mass is 32.1. The lowest BCUT2D eigenvalue weighted by Crippen LogP contribution is -2.49. The van der Waals surface area contributed by atoms with E-state index in [0.29, 0.717) is 13.0 Å². The van der Waals surface area contributed by atoms with Gasteiger partial charge in [-0.3, -0.25) is 14.5 Å². The van der Waals surface area contributed by atoms with Crippen LogP contribution in [0.2, 0.25) is 0 Å². The van der Waals surface area contributed by atoms with E-state index in [1.165, 1.54) is 28.8 Å². The summed E-state index contributed by atoms with van der Waals surface area (Å²) in [6.07, 6.45) is 6.14. The van der Waals surface area contributed by atoms with Crippen LogP contribution in [0.5, 0.6) is 0 Å². The van der Waals surface area contributed by atoms with Crippen molar-refractivity contribution in [3.05, 3.63) is 57.3 Å². The predicted octanol–water partition coefficient (Wildman–Crippen LogP) is 3.59. The molecule has 2 aliphatic rings. The number of benzene rings is 1. The highest BCUT2D eigenvalue weighted by Gasteiger charge is 2.23. The normalized spacial score (nSPS) is 17.4. The Labute approximate surface area is 171 Å². The second-order valence-corrected chi connectivity index (χ2v) is 8.88. The number of fused-ring (bicyclic) bond motifs is 1. The van der Waals surface area contributed by atoms with E-state index in [2.05, 4.69) is 28.5 Å². The standard InChI is InChI=1S/C23H28N2O2S/c26-22(20-8-7-18-4-1-2-5-19(18)16-20)17-24-11-13-25(14-12-24)23(27)10-9-21-6-3-15-28-21/h3,6-8,15-16H,1-2,4-5,9-14,17H2. The topological polar surface area (TPSA) is 40.6 Å². The monoisotopic (exact) mass is 396 g/mol. The van der Waals surface area contributed by atoms with Gasteiger partial charge in [-0.2, -0.15) is 0 Å². The Morgan fingerprint density at radius 1 is 0.964 bits per heavy atom. The minimum atomic E-state index is 0.200. The van der Waals surface area contributed by atoms with Crippen LogP contribution in [0.15, 0.2) is 35.7 Å². The molecule has 1 fully saturated rings. The highest BCUT2D eigenvalue weighted by Crippen LogP contribution is 2.22. The molecule has 1 amide bonds. The van der Waals surface area contributed by atoms with Crippen molar-refractivity contribution in [3.63, 3.8) is 0 Å². The van der Waals surface area contributed by atoms with Crippen molar-refractivity contribution >= 4 is 23.0 Å². The van der Waals surface area contributed by atoms with Crippen LogP contribution in [0.25, 0.3) is 0 Å². The van der Waals surface area contributed by atoms with Crippen LogP contribution in [0.1, 0.15) is 45.6 Å². The summed E-state index contributed by atoms with van der Waals surface area (Å²) in [5.74, 6) is 0.430. The fourth-order valence-corrected chi connectivity index (χ4v) is 4.91. The largest absolute Gasteiger partial charge is 0.340 e. The number of hydrogen-bond acceptors (Lipinski definition) is 4. The van der Waals surface area contributed by atoms with Crippen LogP contribution in [0.3, 0.4) is 0 Å². The summed E-state index contributed by atoms with van der Waals surface area (Å²) in [4.78, 5) is 30.6. The minimum absolute atomic E-state index is 0.200. The molecule has 0 N–H and O–H groups in total. The number of rotatable bonds is 6. The number of piperazine rings is 1. The molecule has 28 heavy (non-hydrogen) atoms. The van der Waals surface area contributed by atoms with E-state index < -0.39 is 0 Å². The van der Waals surface area contributed by atoms with Crippen LogP contribution < -0.4 is 0 Å². The van der Waals surface area contributed by atoms with Crippen molar-refractivity contribution in [2.24, 2.45) is 0 Å². The molecule has 1 aliphatic carbocycles. The third-order valence-electron chi connectivity index (χ3n) is 5.93. The molecule has 1 saturated heterocycles. The molecule has 0 saturated carbocycles. The van der Waals surface area contributed by atoms with Crippen molar-refractivity contribution in [2.75, 3.05) is 32.7 Å². The molecular formula is C23H28N2O2S. The third-order valence-corrected chi connectivity index (χ3v) is 6.86. The first-order valence-electron chi connectivity index (χ1n) is 10.4. The number of nitrogens with zero attached hydrogens (tertiary/aromatic N) is 2. The molecule has 0 bridgehead atoms. The van der Waals surface area contributed by atoms with Gasteiger partial charge in [0.25, 0.3) is 0 Å². The van der Waals surface area contributed by atoms with Gasteiger partial charge in [0.15, 0.2) is 5.78 Å². The SMILES string of the molecule is O=C(CN1CCN(C(=O)CCc2cccs2)CC1)c1ccc2c(c1)CCCC2. The van der Waals surface area contributed by atoms with Gasteiger partial charge >= 0.3 is 0 Å². The second-order valence-electron chi connectivity index (χ2n) is 7.85. The molecule has 148 valence electrons. The van der Waals surface area contributed by atoms with Crippen LogP contribution in [0.4, 0.5) is 0 Å². The molecule has 0 radical (unpaired) electrons. The maximum Gasteiger partial charge on any atom is 0.223 e. The summed E-state index contributed by atoms with van der Waals surface area (Å²) in [7, 11) is 0. The summed E-state index contributed by atoms with van der Waals surface area (Å²) in [6, 6.07) is 10.4. The zero-order valence-electron chi connectivity index (χ0n) is 16.4. The summed E-state index contributed by atoms with van der Waals surface area (Å²) >= 11 is 1.71. The van der Waals surface area contributed by atoms with Crippen LogP contribution >= 0.6 is 11.3 Å². The number of amides is 1. The predicted molar refractivity (Wildman–Crippen MR) is 113 cm³/mol. The van der Waals surface area contributed by atoms with Crippen molar-refractivity contribution in [3.8, 4) is 0 Å².